The van der Waals surface area contributed by atoms with Crippen LogP contribution in [0.2, 0.25) is 0 Å². The maximum absolute atomic E-state index is 14.0. The van der Waals surface area contributed by atoms with Gasteiger partial charge in [-0.05, 0) is 41.5 Å². The molecule has 0 spiro atoms. The molecule has 0 amide bonds. The highest BCUT2D eigenvalue weighted by atomic mass is 35.5. The Morgan fingerprint density at radius 2 is 1.85 bits per heavy atom. The van der Waals surface area contributed by atoms with Crippen LogP contribution in [-0.2, 0) is 5.75 Å². The van der Waals surface area contributed by atoms with Crippen LogP contribution in [0.1, 0.15) is 16.7 Å². The molecule has 1 aliphatic rings. The van der Waals surface area contributed by atoms with Gasteiger partial charge in [-0.3, -0.25) is 15.1 Å². The van der Waals surface area contributed by atoms with Crippen molar-refractivity contribution in [2.45, 2.75) is 10.6 Å². The van der Waals surface area contributed by atoms with Crippen LogP contribution in [0.25, 0.3) is 6.08 Å². The van der Waals surface area contributed by atoms with Crippen LogP contribution in [0.5, 0.6) is 0 Å². The molecule has 4 rings (SSSR count). The van der Waals surface area contributed by atoms with Gasteiger partial charge in [0.05, 0.1) is 17.2 Å². The van der Waals surface area contributed by atoms with Gasteiger partial charge in [0.1, 0.15) is 5.82 Å². The first-order valence-electron chi connectivity index (χ1n) is 10.2. The minimum absolute atomic E-state index is 0. The Morgan fingerprint density at radius 3 is 2.59 bits per heavy atom. The van der Waals surface area contributed by atoms with Crippen LogP contribution >= 0.6 is 36.6 Å². The Kier molecular flexibility index (Phi) is 10.1. The standard InChI is InChI=1S/C25H22FN3O2S.2ClH/c1-28-14-13-27-23(22-16-20(26)8-11-24(22)28)10-7-19-15-21(29(30)31)9-12-25(19)32-17-18-5-3-2-4-6-18;;/h2-12,15-16H,13-14,17H2,1H3;2*1H. The van der Waals surface area contributed by atoms with Crippen LogP contribution in [0.3, 0.4) is 0 Å². The van der Waals surface area contributed by atoms with E-state index in [1.807, 2.05) is 42.3 Å². The van der Waals surface area contributed by atoms with Crippen molar-refractivity contribution in [1.29, 1.82) is 0 Å². The lowest BCUT2D eigenvalue weighted by atomic mass is 10.0. The molecular formula is C25H24Cl2FN3O2S. The van der Waals surface area contributed by atoms with E-state index in [0.717, 1.165) is 28.4 Å². The fraction of sp³-hybridized carbons (Fsp3) is 0.160. The number of anilines is 1. The lowest BCUT2D eigenvalue weighted by Gasteiger charge is -2.18. The number of fused-ring (bicyclic) bond motifs is 1. The molecule has 5 nitrogen and oxygen atoms in total. The average molecular weight is 520 g/mol. The minimum Gasteiger partial charge on any atom is -0.372 e. The Morgan fingerprint density at radius 1 is 1.09 bits per heavy atom. The molecule has 0 saturated heterocycles. The number of rotatable bonds is 6. The molecule has 0 N–H and O–H groups in total. The molecule has 0 bridgehead atoms. The molecule has 0 aliphatic carbocycles. The van der Waals surface area contributed by atoms with E-state index < -0.39 is 4.92 Å². The summed E-state index contributed by atoms with van der Waals surface area (Å²) in [5.74, 6) is 0.425. The van der Waals surface area contributed by atoms with Crippen LogP contribution in [-0.4, -0.2) is 30.8 Å². The van der Waals surface area contributed by atoms with E-state index in [9.17, 15) is 14.5 Å². The lowest BCUT2D eigenvalue weighted by Crippen LogP contribution is -2.20. The van der Waals surface area contributed by atoms with Gasteiger partial charge in [-0.15, -0.1) is 36.6 Å². The predicted molar refractivity (Wildman–Crippen MR) is 144 cm³/mol. The third kappa shape index (κ3) is 6.59. The molecule has 0 saturated carbocycles. The van der Waals surface area contributed by atoms with Crippen LogP contribution in [0.15, 0.2) is 82.7 Å². The van der Waals surface area contributed by atoms with Crippen molar-refractivity contribution in [2.24, 2.45) is 4.99 Å². The second kappa shape index (κ2) is 12.6. The lowest BCUT2D eigenvalue weighted by molar-refractivity contribution is -0.384. The second-order valence-corrected chi connectivity index (χ2v) is 8.45. The van der Waals surface area contributed by atoms with Gasteiger partial charge in [-0.1, -0.05) is 36.4 Å². The number of allylic oxidation sites excluding steroid dienone is 1. The summed E-state index contributed by atoms with van der Waals surface area (Å²) in [5, 5.41) is 11.3. The van der Waals surface area contributed by atoms with Crippen molar-refractivity contribution >= 4 is 59.7 Å². The summed E-state index contributed by atoms with van der Waals surface area (Å²) in [6, 6.07) is 19.6. The smallest absolute Gasteiger partial charge is 0.270 e. The van der Waals surface area contributed by atoms with Crippen LogP contribution in [0, 0.1) is 15.9 Å². The Bertz CT molecular complexity index is 1210. The van der Waals surface area contributed by atoms with E-state index in [0.29, 0.717) is 17.8 Å². The number of benzodiazepines with no additional fused rings is 1. The number of halogens is 3. The molecule has 0 fully saturated rings. The predicted octanol–water partition coefficient (Wildman–Crippen LogP) is 6.82. The van der Waals surface area contributed by atoms with Gasteiger partial charge in [0.15, 0.2) is 0 Å². The molecule has 3 aromatic carbocycles. The van der Waals surface area contributed by atoms with E-state index in [1.54, 1.807) is 30.0 Å². The summed E-state index contributed by atoms with van der Waals surface area (Å²) >= 11 is 1.62. The van der Waals surface area contributed by atoms with Crippen LogP contribution < -0.4 is 4.90 Å². The summed E-state index contributed by atoms with van der Waals surface area (Å²) in [6.45, 7) is 1.31. The summed E-state index contributed by atoms with van der Waals surface area (Å²) in [6.07, 6.45) is 3.65. The maximum Gasteiger partial charge on any atom is 0.270 e. The van der Waals surface area contributed by atoms with Crippen molar-refractivity contribution in [3.63, 3.8) is 0 Å². The van der Waals surface area contributed by atoms with Gasteiger partial charge < -0.3 is 4.90 Å². The van der Waals surface area contributed by atoms with E-state index in [2.05, 4.69) is 17.1 Å². The molecule has 1 heterocycles. The van der Waals surface area contributed by atoms with Crippen molar-refractivity contribution in [3.05, 3.63) is 105 Å². The number of hydrogen-bond acceptors (Lipinski definition) is 5. The summed E-state index contributed by atoms with van der Waals surface area (Å²) < 4.78 is 14.0. The maximum atomic E-state index is 14.0. The Hall–Kier alpha value is -2.87. The van der Waals surface area contributed by atoms with Crippen molar-refractivity contribution in [3.8, 4) is 0 Å². The first kappa shape index (κ1) is 27.4. The second-order valence-electron chi connectivity index (χ2n) is 7.44. The van der Waals surface area contributed by atoms with E-state index in [4.69, 9.17) is 0 Å². The molecule has 3 aromatic rings. The van der Waals surface area contributed by atoms with Gasteiger partial charge in [0, 0.05) is 47.6 Å². The minimum atomic E-state index is -0.397. The third-order valence-corrected chi connectivity index (χ3v) is 6.39. The van der Waals surface area contributed by atoms with Crippen molar-refractivity contribution in [2.75, 3.05) is 25.0 Å². The topological polar surface area (TPSA) is 58.7 Å². The summed E-state index contributed by atoms with van der Waals surface area (Å²) in [5.41, 5.74) is 4.22. The number of hydrogen-bond donors (Lipinski definition) is 0. The zero-order valence-electron chi connectivity index (χ0n) is 18.4. The highest BCUT2D eigenvalue weighted by molar-refractivity contribution is 7.98. The van der Waals surface area contributed by atoms with Crippen molar-refractivity contribution in [1.82, 2.24) is 0 Å². The van der Waals surface area contributed by atoms with Crippen LogP contribution in [0.4, 0.5) is 15.8 Å². The van der Waals surface area contributed by atoms with E-state index in [1.165, 1.54) is 23.8 Å². The zero-order chi connectivity index (χ0) is 22.5. The van der Waals surface area contributed by atoms with Crippen molar-refractivity contribution < 1.29 is 9.31 Å². The normalized spacial score (nSPS) is 12.8. The summed E-state index contributed by atoms with van der Waals surface area (Å²) in [4.78, 5) is 18.6. The van der Waals surface area contributed by atoms with Gasteiger partial charge in [0.2, 0.25) is 0 Å². The number of nitrogens with zero attached hydrogens (tertiary/aromatic N) is 3. The first-order chi connectivity index (χ1) is 15.5. The SMILES string of the molecule is CN1CCN=C(C=Cc2cc([N+](=O)[O-])ccc2SCc2ccccc2)c2cc(F)ccc21.Cl.Cl. The number of nitro benzene ring substituents is 1. The Labute approximate surface area is 214 Å². The molecule has 178 valence electrons. The molecule has 0 aromatic heterocycles. The summed E-state index contributed by atoms with van der Waals surface area (Å²) in [7, 11) is 1.96. The molecule has 9 heteroatoms. The van der Waals surface area contributed by atoms with Gasteiger partial charge >= 0.3 is 0 Å². The number of benzene rings is 3. The molecule has 0 radical (unpaired) electrons. The van der Waals surface area contributed by atoms with Gasteiger partial charge in [-0.25, -0.2) is 4.39 Å². The molecule has 34 heavy (non-hydrogen) atoms. The zero-order valence-corrected chi connectivity index (χ0v) is 20.8. The average Bonchev–Trinajstić information content (AvgIpc) is 2.95. The molecule has 0 unspecified atom stereocenters. The third-order valence-electron chi connectivity index (χ3n) is 5.23. The van der Waals surface area contributed by atoms with Gasteiger partial charge in [-0.2, -0.15) is 0 Å². The number of aliphatic imine (C=N–C) groups is 1. The number of likely N-dealkylation sites (N-methyl/N-ethyl adjacent to an activating group) is 1. The monoisotopic (exact) mass is 519 g/mol. The quantitative estimate of drug-likeness (QED) is 0.203. The fourth-order valence-electron chi connectivity index (χ4n) is 3.53. The highest BCUT2D eigenvalue weighted by Crippen LogP contribution is 2.31. The highest BCUT2D eigenvalue weighted by Gasteiger charge is 2.16. The van der Waals surface area contributed by atoms with E-state index >= 15 is 0 Å². The molecular weight excluding hydrogens is 496 g/mol. The number of nitro groups is 1. The number of thioether (sulfide) groups is 1. The number of non-ortho nitro benzene ring substituents is 1. The first-order valence-corrected chi connectivity index (χ1v) is 11.2. The van der Waals surface area contributed by atoms with Gasteiger partial charge in [0.25, 0.3) is 5.69 Å². The largest absolute Gasteiger partial charge is 0.372 e. The Balaban J connectivity index is 0.00000204. The molecule has 0 atom stereocenters. The molecule has 1 aliphatic heterocycles. The fourth-order valence-corrected chi connectivity index (χ4v) is 4.50. The van der Waals surface area contributed by atoms with E-state index in [-0.39, 0.29) is 36.3 Å².